The number of fused-ring (bicyclic) bond motifs is 1. The second kappa shape index (κ2) is 12.3. The van der Waals surface area contributed by atoms with Gasteiger partial charge in [-0.25, -0.2) is 0 Å². The van der Waals surface area contributed by atoms with Gasteiger partial charge in [-0.15, -0.1) is 0 Å². The van der Waals surface area contributed by atoms with Crippen LogP contribution in [0.1, 0.15) is 41.4 Å². The van der Waals surface area contributed by atoms with Crippen LogP contribution in [0.3, 0.4) is 0 Å². The number of halogens is 1. The predicted molar refractivity (Wildman–Crippen MR) is 165 cm³/mol. The van der Waals surface area contributed by atoms with E-state index in [1.165, 1.54) is 0 Å². The highest BCUT2D eigenvalue weighted by molar-refractivity contribution is 6.32. The minimum Gasteiger partial charge on any atom is -0.493 e. The van der Waals surface area contributed by atoms with Crippen molar-refractivity contribution < 1.29 is 14.3 Å². The van der Waals surface area contributed by atoms with E-state index in [2.05, 4.69) is 32.4 Å². The van der Waals surface area contributed by atoms with Crippen LogP contribution in [0.4, 0.5) is 11.4 Å². The van der Waals surface area contributed by atoms with Crippen molar-refractivity contribution in [1.29, 1.82) is 0 Å². The van der Waals surface area contributed by atoms with E-state index in [1.807, 2.05) is 55.1 Å². The molecule has 1 atom stereocenters. The SMILES string of the molecule is COc1c(Cl)cccc1Nc1c(-c2ccncc2C#CC2(C)CCCN2C(=O)C=CCN(C)C)[nH]c2c1C(=O)NCC2. The van der Waals surface area contributed by atoms with Gasteiger partial charge in [-0.2, -0.15) is 0 Å². The van der Waals surface area contributed by atoms with Crippen molar-refractivity contribution in [3.8, 4) is 28.8 Å². The molecule has 3 N–H and O–H groups in total. The molecule has 3 aromatic rings. The highest BCUT2D eigenvalue weighted by Crippen LogP contribution is 2.41. The number of carbonyl (C=O) groups excluding carboxylic acids is 2. The van der Waals surface area contributed by atoms with Crippen molar-refractivity contribution >= 4 is 34.8 Å². The third-order valence-corrected chi connectivity index (χ3v) is 7.89. The van der Waals surface area contributed by atoms with E-state index in [-0.39, 0.29) is 11.8 Å². The first-order valence-electron chi connectivity index (χ1n) is 13.9. The van der Waals surface area contributed by atoms with Crippen LogP contribution in [0.2, 0.25) is 5.02 Å². The molecule has 0 saturated carbocycles. The third-order valence-electron chi connectivity index (χ3n) is 7.59. The van der Waals surface area contributed by atoms with Crippen LogP contribution in [0, 0.1) is 11.8 Å². The van der Waals surface area contributed by atoms with Crippen LogP contribution >= 0.6 is 11.6 Å². The lowest BCUT2D eigenvalue weighted by Crippen LogP contribution is -2.43. The molecule has 1 aromatic carbocycles. The maximum atomic E-state index is 13.1. The quantitative estimate of drug-likeness (QED) is 0.276. The van der Waals surface area contributed by atoms with E-state index in [9.17, 15) is 9.59 Å². The van der Waals surface area contributed by atoms with Crippen molar-refractivity contribution in [1.82, 2.24) is 25.1 Å². The third kappa shape index (κ3) is 5.87. The van der Waals surface area contributed by atoms with E-state index in [0.29, 0.717) is 65.0 Å². The summed E-state index contributed by atoms with van der Waals surface area (Å²) in [6.07, 6.45) is 9.25. The number of para-hydroxylation sites is 1. The van der Waals surface area contributed by atoms with Gasteiger partial charge in [0.15, 0.2) is 5.75 Å². The number of rotatable bonds is 7. The number of likely N-dealkylation sites (N-methyl/N-ethyl adjacent to an activating group) is 1. The molecule has 2 aromatic heterocycles. The number of H-pyrrole nitrogens is 1. The smallest absolute Gasteiger partial charge is 0.255 e. The number of ether oxygens (including phenoxy) is 1. The molecular weight excluding hydrogens is 552 g/mol. The van der Waals surface area contributed by atoms with Crippen molar-refractivity contribution in [3.63, 3.8) is 0 Å². The Morgan fingerprint density at radius 3 is 2.95 bits per heavy atom. The van der Waals surface area contributed by atoms with E-state index in [4.69, 9.17) is 16.3 Å². The van der Waals surface area contributed by atoms with E-state index in [1.54, 1.807) is 31.6 Å². The first-order valence-corrected chi connectivity index (χ1v) is 14.3. The molecule has 2 aliphatic heterocycles. The highest BCUT2D eigenvalue weighted by atomic mass is 35.5. The van der Waals surface area contributed by atoms with Gasteiger partial charge in [0, 0.05) is 55.8 Å². The molecule has 2 amide bonds. The molecule has 0 radical (unpaired) electrons. The van der Waals surface area contributed by atoms with Gasteiger partial charge >= 0.3 is 0 Å². The number of nitrogens with zero attached hydrogens (tertiary/aromatic N) is 3. The van der Waals surface area contributed by atoms with Crippen LogP contribution in [-0.2, 0) is 11.2 Å². The number of aromatic nitrogens is 2. The molecule has 2 aliphatic rings. The number of likely N-dealkylation sites (tertiary alicyclic amines) is 1. The number of carbonyl (C=O) groups is 2. The monoisotopic (exact) mass is 586 g/mol. The molecule has 0 bridgehead atoms. The average molecular weight is 587 g/mol. The Bertz CT molecular complexity index is 1600. The summed E-state index contributed by atoms with van der Waals surface area (Å²) in [5.41, 5.74) is 4.17. The van der Waals surface area contributed by atoms with Gasteiger partial charge in [0.25, 0.3) is 5.91 Å². The summed E-state index contributed by atoms with van der Waals surface area (Å²) >= 11 is 6.40. The number of nitrogens with one attached hydrogen (secondary N) is 3. The fraction of sp³-hybridized carbons (Fsp3) is 0.344. The van der Waals surface area contributed by atoms with Crippen LogP contribution < -0.4 is 15.4 Å². The van der Waals surface area contributed by atoms with E-state index < -0.39 is 5.54 Å². The summed E-state index contributed by atoms with van der Waals surface area (Å²) in [6.45, 7) is 3.90. The molecule has 1 unspecified atom stereocenters. The summed E-state index contributed by atoms with van der Waals surface area (Å²) in [5, 5.41) is 6.81. The number of aromatic amines is 1. The number of hydrogen-bond donors (Lipinski definition) is 3. The first kappa shape index (κ1) is 29.2. The largest absolute Gasteiger partial charge is 0.493 e. The Morgan fingerprint density at radius 2 is 2.17 bits per heavy atom. The minimum absolute atomic E-state index is 0.0393. The van der Waals surface area contributed by atoms with Crippen molar-refractivity contribution in [2.45, 2.75) is 31.7 Å². The van der Waals surface area contributed by atoms with Crippen LogP contribution in [0.5, 0.6) is 5.75 Å². The van der Waals surface area contributed by atoms with Gasteiger partial charge in [0.2, 0.25) is 5.91 Å². The van der Waals surface area contributed by atoms with Crippen LogP contribution in [-0.4, -0.2) is 78.0 Å². The van der Waals surface area contributed by atoms with Gasteiger partial charge in [-0.3, -0.25) is 14.6 Å². The Labute approximate surface area is 251 Å². The van der Waals surface area contributed by atoms with Crippen molar-refractivity contribution in [3.05, 3.63) is 70.7 Å². The number of anilines is 2. The normalized spacial score (nSPS) is 18.0. The first-order chi connectivity index (χ1) is 20.2. The molecule has 1 saturated heterocycles. The maximum absolute atomic E-state index is 13.1. The van der Waals surface area contributed by atoms with Crippen molar-refractivity contribution in [2.75, 3.05) is 46.2 Å². The number of pyridine rings is 1. The van der Waals surface area contributed by atoms with Crippen molar-refractivity contribution in [2.24, 2.45) is 0 Å². The molecule has 5 rings (SSSR count). The summed E-state index contributed by atoms with van der Waals surface area (Å²) in [4.78, 5) is 37.8. The van der Waals surface area contributed by atoms with Gasteiger partial charge in [-0.05, 0) is 52.1 Å². The zero-order valence-electron chi connectivity index (χ0n) is 24.3. The topological polar surface area (TPSA) is 103 Å². The number of methoxy groups -OCH3 is 1. The van der Waals surface area contributed by atoms with E-state index >= 15 is 0 Å². The molecule has 1 fully saturated rings. The second-order valence-electron chi connectivity index (χ2n) is 10.9. The lowest BCUT2D eigenvalue weighted by Gasteiger charge is -2.29. The van der Waals surface area contributed by atoms with Gasteiger partial charge in [-0.1, -0.05) is 35.6 Å². The summed E-state index contributed by atoms with van der Waals surface area (Å²) < 4.78 is 5.56. The molecule has 0 spiro atoms. The van der Waals surface area contributed by atoms with Gasteiger partial charge in [0.1, 0.15) is 5.54 Å². The fourth-order valence-electron chi connectivity index (χ4n) is 5.47. The van der Waals surface area contributed by atoms with E-state index in [0.717, 1.165) is 24.1 Å². The lowest BCUT2D eigenvalue weighted by molar-refractivity contribution is -0.128. The average Bonchev–Trinajstić information content (AvgIpc) is 3.53. The molecular formula is C32H35ClN6O3. The zero-order valence-corrected chi connectivity index (χ0v) is 25.1. The predicted octanol–water partition coefficient (Wildman–Crippen LogP) is 4.62. The Kier molecular flexibility index (Phi) is 8.57. The maximum Gasteiger partial charge on any atom is 0.255 e. The Morgan fingerprint density at radius 1 is 1.33 bits per heavy atom. The van der Waals surface area contributed by atoms with Crippen LogP contribution in [0.15, 0.2) is 48.8 Å². The highest BCUT2D eigenvalue weighted by Gasteiger charge is 2.37. The lowest BCUT2D eigenvalue weighted by atomic mass is 9.97. The number of hydrogen-bond acceptors (Lipinski definition) is 6. The summed E-state index contributed by atoms with van der Waals surface area (Å²) in [7, 11) is 5.48. The molecule has 10 heteroatoms. The molecule has 9 nitrogen and oxygen atoms in total. The number of benzene rings is 1. The number of amides is 2. The van der Waals surface area contributed by atoms with Crippen LogP contribution in [0.25, 0.3) is 11.3 Å². The standard InChI is InChI=1S/C32H35ClN6O3/c1-32(14-7-19-39(32)26(40)10-6-18-38(2)3)15-11-21-20-34-16-12-22(21)28-29(27-24(36-28)13-17-35-31(27)41)37-25-9-5-8-23(33)30(25)42-4/h5-6,8-10,12,16,20,36-37H,7,13-14,17-19H2,1-4H3,(H,35,41). The summed E-state index contributed by atoms with van der Waals surface area (Å²) in [6, 6.07) is 7.29. The summed E-state index contributed by atoms with van der Waals surface area (Å²) in [5.74, 6) is 7.00. The molecule has 218 valence electrons. The molecule has 0 aliphatic carbocycles. The zero-order chi connectivity index (χ0) is 29.9. The molecule has 4 heterocycles. The minimum atomic E-state index is -0.614. The second-order valence-corrected chi connectivity index (χ2v) is 11.3. The Hall–Kier alpha value is -4.26. The van der Waals surface area contributed by atoms with Gasteiger partial charge < -0.3 is 30.2 Å². The van der Waals surface area contributed by atoms with Gasteiger partial charge in [0.05, 0.1) is 40.3 Å². The fourth-order valence-corrected chi connectivity index (χ4v) is 5.72. The molecule has 42 heavy (non-hydrogen) atoms. The Balaban J connectivity index is 1.55.